The topological polar surface area (TPSA) is 72.2 Å². The Hall–Kier alpha value is -0.380. The van der Waals surface area contributed by atoms with Gasteiger partial charge in [-0.2, -0.15) is 0 Å². The summed E-state index contributed by atoms with van der Waals surface area (Å²) in [6, 6.07) is 4.79. The van der Waals surface area contributed by atoms with Crippen LogP contribution in [0.4, 0.5) is 5.82 Å². The lowest BCUT2D eigenvalue weighted by atomic mass is 10.4. The third-order valence-corrected chi connectivity index (χ3v) is 5.79. The van der Waals surface area contributed by atoms with Crippen LogP contribution in [0.2, 0.25) is 0 Å². The van der Waals surface area contributed by atoms with Gasteiger partial charge in [-0.15, -0.1) is 0 Å². The van der Waals surface area contributed by atoms with Crippen LogP contribution in [-0.4, -0.2) is 13.6 Å². The molecular weight excluding hydrogens is 468 g/mol. The molecule has 2 rings (SSSR count). The Morgan fingerprint density at radius 3 is 2.21 bits per heavy atom. The zero-order valence-corrected chi connectivity index (χ0v) is 15.0. The van der Waals surface area contributed by atoms with Gasteiger partial charge in [0.2, 0.25) is 0 Å². The van der Waals surface area contributed by atoms with E-state index in [1.165, 1.54) is 6.07 Å². The third-order valence-electron chi connectivity index (χ3n) is 2.10. The largest absolute Gasteiger partial charge is 0.360 e. The summed E-state index contributed by atoms with van der Waals surface area (Å²) in [5.74, 6) is 0.658. The Labute approximate surface area is 135 Å². The average molecular weight is 475 g/mol. The van der Waals surface area contributed by atoms with Crippen molar-refractivity contribution in [3.8, 4) is 0 Å². The highest BCUT2D eigenvalue weighted by atomic mass is 79.9. The van der Waals surface area contributed by atoms with E-state index in [0.717, 1.165) is 4.47 Å². The summed E-state index contributed by atoms with van der Waals surface area (Å²) in [5, 5.41) is 3.60. The van der Waals surface area contributed by atoms with Crippen molar-refractivity contribution in [3.63, 3.8) is 0 Å². The Balaban J connectivity index is 2.45. The molecule has 1 N–H and O–H groups in total. The van der Waals surface area contributed by atoms with E-state index in [0.29, 0.717) is 14.7 Å². The molecule has 0 radical (unpaired) electrons. The van der Waals surface area contributed by atoms with E-state index in [4.69, 9.17) is 4.52 Å². The fourth-order valence-electron chi connectivity index (χ4n) is 1.39. The second-order valence-electron chi connectivity index (χ2n) is 3.63. The number of halogens is 3. The van der Waals surface area contributed by atoms with Crippen molar-refractivity contribution in [1.82, 2.24) is 5.16 Å². The molecule has 0 bridgehead atoms. The summed E-state index contributed by atoms with van der Waals surface area (Å²) in [4.78, 5) is 0.0938. The first-order valence-corrected chi connectivity index (χ1v) is 8.76. The van der Waals surface area contributed by atoms with Crippen LogP contribution >= 0.6 is 47.8 Å². The maximum absolute atomic E-state index is 12.3. The molecule has 0 aliphatic rings. The number of sulfonamides is 1. The molecular formula is C10H7Br3N2O3S. The van der Waals surface area contributed by atoms with Crippen molar-refractivity contribution in [2.24, 2.45) is 0 Å². The molecule has 0 spiro atoms. The van der Waals surface area contributed by atoms with Crippen molar-refractivity contribution < 1.29 is 12.9 Å². The quantitative estimate of drug-likeness (QED) is 0.727. The Morgan fingerprint density at radius 2 is 1.74 bits per heavy atom. The molecule has 0 aliphatic heterocycles. The van der Waals surface area contributed by atoms with Gasteiger partial charge in [-0.1, -0.05) is 21.1 Å². The van der Waals surface area contributed by atoms with Crippen LogP contribution < -0.4 is 4.72 Å². The molecule has 1 aromatic carbocycles. The fourth-order valence-corrected chi connectivity index (χ4v) is 6.03. The monoisotopic (exact) mass is 472 g/mol. The molecule has 5 nitrogen and oxygen atoms in total. The molecule has 0 saturated heterocycles. The van der Waals surface area contributed by atoms with Crippen LogP contribution in [0.3, 0.4) is 0 Å². The first kappa shape index (κ1) is 15.0. The van der Waals surface area contributed by atoms with Crippen molar-refractivity contribution in [3.05, 3.63) is 37.4 Å². The van der Waals surface area contributed by atoms with Gasteiger partial charge in [0.05, 0.1) is 0 Å². The molecule has 9 heteroatoms. The normalized spacial score (nSPS) is 11.6. The molecule has 102 valence electrons. The van der Waals surface area contributed by atoms with E-state index in [-0.39, 0.29) is 10.7 Å². The van der Waals surface area contributed by atoms with Gasteiger partial charge in [0.1, 0.15) is 10.7 Å². The summed E-state index contributed by atoms with van der Waals surface area (Å²) in [6.07, 6.45) is 0. The summed E-state index contributed by atoms with van der Waals surface area (Å²) in [7, 11) is -3.77. The number of hydrogen-bond acceptors (Lipinski definition) is 4. The maximum Gasteiger partial charge on any atom is 0.265 e. The van der Waals surface area contributed by atoms with Gasteiger partial charge >= 0.3 is 0 Å². The van der Waals surface area contributed by atoms with Gasteiger partial charge in [-0.25, -0.2) is 8.42 Å². The number of benzene rings is 1. The predicted octanol–water partition coefficient (Wildman–Crippen LogP) is 4.07. The minimum atomic E-state index is -3.77. The van der Waals surface area contributed by atoms with Gasteiger partial charge in [-0.05, 0) is 50.9 Å². The Kier molecular flexibility index (Phi) is 4.38. The number of nitrogens with zero attached hydrogens (tertiary/aromatic N) is 1. The summed E-state index contributed by atoms with van der Waals surface area (Å²) in [6.45, 7) is 1.68. The molecule has 0 unspecified atom stereocenters. The van der Waals surface area contributed by atoms with E-state index in [2.05, 4.69) is 57.7 Å². The molecule has 1 aromatic heterocycles. The second kappa shape index (κ2) is 5.55. The molecule has 0 saturated carbocycles. The van der Waals surface area contributed by atoms with Gasteiger partial charge in [0.15, 0.2) is 5.82 Å². The highest BCUT2D eigenvalue weighted by Crippen LogP contribution is 2.34. The van der Waals surface area contributed by atoms with Crippen molar-refractivity contribution in [1.29, 1.82) is 0 Å². The zero-order chi connectivity index (χ0) is 14.2. The Morgan fingerprint density at radius 1 is 1.16 bits per heavy atom. The minimum Gasteiger partial charge on any atom is -0.360 e. The van der Waals surface area contributed by atoms with Gasteiger partial charge in [0, 0.05) is 19.5 Å². The third kappa shape index (κ3) is 3.39. The highest BCUT2D eigenvalue weighted by Gasteiger charge is 2.23. The smallest absolute Gasteiger partial charge is 0.265 e. The SMILES string of the molecule is Cc1cc(NS(=O)(=O)c2c(Br)cc(Br)cc2Br)no1. The van der Waals surface area contributed by atoms with Crippen LogP contribution in [0.15, 0.2) is 41.0 Å². The van der Waals surface area contributed by atoms with Gasteiger partial charge < -0.3 is 4.52 Å². The number of aromatic nitrogens is 1. The minimum absolute atomic E-state index is 0.0938. The van der Waals surface area contributed by atoms with Crippen LogP contribution in [0.5, 0.6) is 0 Å². The Bertz CT molecular complexity index is 704. The van der Waals surface area contributed by atoms with E-state index in [9.17, 15) is 8.42 Å². The van der Waals surface area contributed by atoms with Crippen molar-refractivity contribution in [2.45, 2.75) is 11.8 Å². The van der Waals surface area contributed by atoms with Gasteiger partial charge in [-0.3, -0.25) is 4.72 Å². The molecule has 0 fully saturated rings. The number of aryl methyl sites for hydroxylation is 1. The van der Waals surface area contributed by atoms with Crippen LogP contribution in [0, 0.1) is 6.92 Å². The number of anilines is 1. The second-order valence-corrected chi connectivity index (χ2v) is 7.87. The number of hydrogen-bond donors (Lipinski definition) is 1. The molecule has 1 heterocycles. The fraction of sp³-hybridized carbons (Fsp3) is 0.100. The number of rotatable bonds is 3. The molecule has 0 aliphatic carbocycles. The summed E-state index contributed by atoms with van der Waals surface area (Å²) >= 11 is 9.74. The summed E-state index contributed by atoms with van der Waals surface area (Å²) < 4.78 is 33.4. The van der Waals surface area contributed by atoms with Crippen molar-refractivity contribution in [2.75, 3.05) is 4.72 Å². The lowest BCUT2D eigenvalue weighted by Gasteiger charge is -2.09. The zero-order valence-electron chi connectivity index (χ0n) is 9.45. The molecule has 0 atom stereocenters. The first-order valence-electron chi connectivity index (χ1n) is 4.90. The van der Waals surface area contributed by atoms with Crippen LogP contribution in [-0.2, 0) is 10.0 Å². The van der Waals surface area contributed by atoms with Crippen LogP contribution in [0.1, 0.15) is 5.76 Å². The average Bonchev–Trinajstić information content (AvgIpc) is 2.60. The first-order chi connectivity index (χ1) is 8.79. The standard InChI is InChI=1S/C10H7Br3N2O3S/c1-5-2-9(14-18-5)15-19(16,17)10-7(12)3-6(11)4-8(10)13/h2-4H,1H3,(H,14,15). The highest BCUT2D eigenvalue weighted by molar-refractivity contribution is 9.11. The summed E-state index contributed by atoms with van der Waals surface area (Å²) in [5.41, 5.74) is 0. The molecule has 0 amide bonds. The van der Waals surface area contributed by atoms with Crippen LogP contribution in [0.25, 0.3) is 0 Å². The van der Waals surface area contributed by atoms with E-state index < -0.39 is 10.0 Å². The predicted molar refractivity (Wildman–Crippen MR) is 81.6 cm³/mol. The van der Waals surface area contributed by atoms with E-state index in [1.807, 2.05) is 0 Å². The molecule has 2 aromatic rings. The lowest BCUT2D eigenvalue weighted by molar-refractivity contribution is 0.400. The van der Waals surface area contributed by atoms with Crippen molar-refractivity contribution >= 4 is 63.6 Å². The van der Waals surface area contributed by atoms with E-state index in [1.54, 1.807) is 19.1 Å². The lowest BCUT2D eigenvalue weighted by Crippen LogP contribution is -2.14. The van der Waals surface area contributed by atoms with Gasteiger partial charge in [0.25, 0.3) is 10.0 Å². The number of nitrogens with one attached hydrogen (secondary N) is 1. The van der Waals surface area contributed by atoms with E-state index >= 15 is 0 Å². The molecule has 19 heavy (non-hydrogen) atoms. The maximum atomic E-state index is 12.3.